The Hall–Kier alpha value is -2.55. The summed E-state index contributed by atoms with van der Waals surface area (Å²) in [4.78, 5) is 20.4. The van der Waals surface area contributed by atoms with Gasteiger partial charge in [0.15, 0.2) is 0 Å². The van der Waals surface area contributed by atoms with E-state index in [9.17, 15) is 28.2 Å². The summed E-state index contributed by atoms with van der Waals surface area (Å²) in [6, 6.07) is 4.00. The second-order valence-electron chi connectivity index (χ2n) is 5.93. The van der Waals surface area contributed by atoms with Crippen LogP contribution in [0.5, 0.6) is 5.75 Å². The van der Waals surface area contributed by atoms with E-state index in [0.29, 0.717) is 0 Å². The summed E-state index contributed by atoms with van der Waals surface area (Å²) in [6.07, 6.45) is -5.20. The van der Waals surface area contributed by atoms with Crippen molar-refractivity contribution >= 4 is 11.8 Å². The number of carboxylic acid groups (broad SMARTS) is 1. The van der Waals surface area contributed by atoms with E-state index in [0.717, 1.165) is 31.2 Å². The minimum Gasteiger partial charge on any atom is -0.509 e. The molecule has 0 aromatic heterocycles. The van der Waals surface area contributed by atoms with Gasteiger partial charge in [-0.3, -0.25) is 9.59 Å². The van der Waals surface area contributed by atoms with Crippen LogP contribution < -0.4 is 4.74 Å². The van der Waals surface area contributed by atoms with E-state index in [4.69, 9.17) is 14.6 Å². The van der Waals surface area contributed by atoms with Crippen molar-refractivity contribution in [1.29, 1.82) is 0 Å². The molecule has 0 bridgehead atoms. The normalized spacial score (nSPS) is 20.4. The Morgan fingerprint density at radius 1 is 1.19 bits per heavy atom. The van der Waals surface area contributed by atoms with Gasteiger partial charge >= 0.3 is 6.18 Å². The van der Waals surface area contributed by atoms with Crippen molar-refractivity contribution in [1.82, 2.24) is 0 Å². The van der Waals surface area contributed by atoms with Crippen LogP contribution in [0.3, 0.4) is 0 Å². The lowest BCUT2D eigenvalue weighted by molar-refractivity contribution is -0.137. The highest BCUT2D eigenvalue weighted by Gasteiger charge is 2.37. The molecule has 3 N–H and O–H groups in total. The van der Waals surface area contributed by atoms with Crippen molar-refractivity contribution in [2.45, 2.75) is 45.4 Å². The van der Waals surface area contributed by atoms with Crippen molar-refractivity contribution in [2.24, 2.45) is 5.92 Å². The molecule has 1 aliphatic rings. The zero-order valence-electron chi connectivity index (χ0n) is 14.8. The van der Waals surface area contributed by atoms with Gasteiger partial charge in [0.05, 0.1) is 17.6 Å². The number of ketones is 1. The molecule has 0 unspecified atom stereocenters. The van der Waals surface area contributed by atoms with E-state index in [1.807, 2.05) is 0 Å². The molecule has 1 aliphatic carbocycles. The number of aliphatic hydroxyl groups is 2. The number of hydrogen-bond donors (Lipinski definition) is 3. The van der Waals surface area contributed by atoms with Gasteiger partial charge in [0, 0.05) is 26.2 Å². The molecule has 2 rings (SSSR count). The van der Waals surface area contributed by atoms with Gasteiger partial charge in [-0.2, -0.15) is 13.2 Å². The molecule has 0 spiro atoms. The largest absolute Gasteiger partial charge is 0.509 e. The van der Waals surface area contributed by atoms with Crippen molar-refractivity contribution in [3.63, 3.8) is 0 Å². The molecule has 0 radical (unpaired) electrons. The molecule has 2 atom stereocenters. The summed E-state index contributed by atoms with van der Waals surface area (Å²) < 4.78 is 43.1. The third-order valence-electron chi connectivity index (χ3n) is 3.71. The van der Waals surface area contributed by atoms with E-state index >= 15 is 0 Å². The Kier molecular flexibility index (Phi) is 7.83. The number of carbonyl (C=O) groups excluding carboxylic acids is 1. The molecule has 0 aliphatic heterocycles. The summed E-state index contributed by atoms with van der Waals surface area (Å²) in [7, 11) is 0. The quantitative estimate of drug-likeness (QED) is 0.678. The maximum Gasteiger partial charge on any atom is 0.416 e. The first-order valence-corrected chi connectivity index (χ1v) is 8.12. The number of ether oxygens (including phenoxy) is 1. The molecule has 1 fully saturated rings. The minimum absolute atomic E-state index is 0.0263. The predicted octanol–water partition coefficient (Wildman–Crippen LogP) is 3.69. The van der Waals surface area contributed by atoms with Crippen LogP contribution in [0.15, 0.2) is 35.8 Å². The van der Waals surface area contributed by atoms with Crippen LogP contribution >= 0.6 is 0 Å². The molecule has 27 heavy (non-hydrogen) atoms. The molecule has 1 aromatic rings. The van der Waals surface area contributed by atoms with E-state index in [2.05, 4.69) is 0 Å². The molecule has 1 saturated carbocycles. The number of halogens is 3. The molecule has 1 aromatic carbocycles. The van der Waals surface area contributed by atoms with Gasteiger partial charge < -0.3 is 20.1 Å². The molecule has 150 valence electrons. The van der Waals surface area contributed by atoms with E-state index < -0.39 is 29.7 Å². The standard InChI is InChI=1S/C16H17F3O4.C2H4O2/c1-2-13(21)15(12-7-10(20)8-14(12)22)23-11-5-3-9(4-6-11)16(17,18)19;1-2(3)4/h3-6,12,14,21-22H,2,7-8H2,1H3;1H3,(H,3,4)/t12-,14-;/m1./s1. The van der Waals surface area contributed by atoms with Gasteiger partial charge in [-0.25, -0.2) is 0 Å². The Balaban J connectivity index is 0.000000828. The number of alkyl halides is 3. The van der Waals surface area contributed by atoms with Gasteiger partial charge in [0.2, 0.25) is 0 Å². The highest BCUT2D eigenvalue weighted by molar-refractivity contribution is 5.82. The van der Waals surface area contributed by atoms with E-state index in [-0.39, 0.29) is 42.3 Å². The van der Waals surface area contributed by atoms with Gasteiger partial charge in [-0.1, -0.05) is 6.92 Å². The van der Waals surface area contributed by atoms with Gasteiger partial charge in [-0.05, 0) is 24.3 Å². The average Bonchev–Trinajstić information content (AvgIpc) is 2.89. The molecule has 0 amide bonds. The first-order valence-electron chi connectivity index (χ1n) is 8.12. The maximum atomic E-state index is 12.5. The molecule has 0 saturated heterocycles. The van der Waals surface area contributed by atoms with E-state index in [1.54, 1.807) is 6.92 Å². The summed E-state index contributed by atoms with van der Waals surface area (Å²) in [5.41, 5.74) is -0.814. The number of carboxylic acids is 1. The van der Waals surface area contributed by atoms with Crippen LogP contribution in [0.2, 0.25) is 0 Å². The molecule has 9 heteroatoms. The number of rotatable bonds is 4. The highest BCUT2D eigenvalue weighted by atomic mass is 19.4. The van der Waals surface area contributed by atoms with Gasteiger partial charge in [0.25, 0.3) is 5.97 Å². The number of benzene rings is 1. The Labute approximate surface area is 153 Å². The number of aliphatic hydroxyl groups excluding tert-OH is 2. The minimum atomic E-state index is -4.45. The second kappa shape index (κ2) is 9.40. The summed E-state index contributed by atoms with van der Waals surface area (Å²) in [6.45, 7) is 2.74. The smallest absolute Gasteiger partial charge is 0.416 e. The molecule has 0 heterocycles. The average molecular weight is 390 g/mol. The lowest BCUT2D eigenvalue weighted by Crippen LogP contribution is -2.20. The zero-order chi connectivity index (χ0) is 20.8. The van der Waals surface area contributed by atoms with Crippen LogP contribution in [-0.2, 0) is 15.8 Å². The van der Waals surface area contributed by atoms with Crippen molar-refractivity contribution in [3.05, 3.63) is 41.3 Å². The lowest BCUT2D eigenvalue weighted by atomic mass is 10.0. The fraction of sp³-hybridized carbons (Fsp3) is 0.444. The second-order valence-corrected chi connectivity index (χ2v) is 5.93. The van der Waals surface area contributed by atoms with Crippen LogP contribution in [-0.4, -0.2) is 33.2 Å². The maximum absolute atomic E-state index is 12.5. The molecular weight excluding hydrogens is 369 g/mol. The Morgan fingerprint density at radius 3 is 2.07 bits per heavy atom. The monoisotopic (exact) mass is 390 g/mol. The van der Waals surface area contributed by atoms with Crippen molar-refractivity contribution < 1.29 is 42.8 Å². The Bertz CT molecular complexity index is 690. The van der Waals surface area contributed by atoms with Crippen LogP contribution in [0, 0.1) is 5.92 Å². The van der Waals surface area contributed by atoms with E-state index in [1.165, 1.54) is 0 Å². The lowest BCUT2D eigenvalue weighted by Gasteiger charge is -2.20. The SMILES string of the molecule is CC(=O)O.CCC(O)=C(Oc1ccc(C(F)(F)F)cc1)[C@@H]1CC(=O)C[C@H]1O. The predicted molar refractivity (Wildman–Crippen MR) is 89.1 cm³/mol. The third kappa shape index (κ3) is 6.93. The van der Waals surface area contributed by atoms with Crippen LogP contribution in [0.4, 0.5) is 13.2 Å². The van der Waals surface area contributed by atoms with Crippen molar-refractivity contribution in [2.75, 3.05) is 0 Å². The van der Waals surface area contributed by atoms with Gasteiger partial charge in [0.1, 0.15) is 23.1 Å². The number of aliphatic carboxylic acids is 1. The molecular formula is C18H21F3O6. The highest BCUT2D eigenvalue weighted by Crippen LogP contribution is 2.35. The number of hydrogen-bond acceptors (Lipinski definition) is 5. The van der Waals surface area contributed by atoms with Gasteiger partial charge in [-0.15, -0.1) is 0 Å². The number of carbonyl (C=O) groups is 2. The first-order chi connectivity index (χ1) is 12.5. The number of allylic oxidation sites excluding steroid dienone is 1. The van der Waals surface area contributed by atoms with Crippen LogP contribution in [0.1, 0.15) is 38.7 Å². The van der Waals surface area contributed by atoms with Crippen LogP contribution in [0.25, 0.3) is 0 Å². The first kappa shape index (κ1) is 22.5. The fourth-order valence-corrected chi connectivity index (χ4v) is 2.47. The third-order valence-corrected chi connectivity index (χ3v) is 3.71. The topological polar surface area (TPSA) is 104 Å². The molecule has 6 nitrogen and oxygen atoms in total. The summed E-state index contributed by atoms with van der Waals surface area (Å²) in [5, 5.41) is 27.3. The fourth-order valence-electron chi connectivity index (χ4n) is 2.47. The van der Waals surface area contributed by atoms with Crippen molar-refractivity contribution in [3.8, 4) is 5.75 Å². The summed E-state index contributed by atoms with van der Waals surface area (Å²) >= 11 is 0. The summed E-state index contributed by atoms with van der Waals surface area (Å²) in [5.74, 6) is -1.68. The Morgan fingerprint density at radius 2 is 1.70 bits per heavy atom. The zero-order valence-corrected chi connectivity index (χ0v) is 14.8. The number of Topliss-reactive ketones (excluding diaryl/α,β-unsaturated/α-hetero) is 1.